The predicted octanol–water partition coefficient (Wildman–Crippen LogP) is 4.64. The number of carbonyl (C=O) groups excluding carboxylic acids is 1. The van der Waals surface area contributed by atoms with Gasteiger partial charge in [-0.15, -0.1) is 0 Å². The van der Waals surface area contributed by atoms with Crippen LogP contribution in [0.5, 0.6) is 0 Å². The van der Waals surface area contributed by atoms with Gasteiger partial charge in [0, 0.05) is 28.4 Å². The van der Waals surface area contributed by atoms with Crippen molar-refractivity contribution < 1.29 is 4.79 Å². The minimum Gasteiger partial charge on any atom is -0.332 e. The van der Waals surface area contributed by atoms with Crippen molar-refractivity contribution >= 4 is 23.2 Å². The molecule has 0 unspecified atom stereocenters. The van der Waals surface area contributed by atoms with E-state index >= 15 is 0 Å². The highest BCUT2D eigenvalue weighted by atomic mass is 35.5. The molecule has 2 aliphatic heterocycles. The van der Waals surface area contributed by atoms with Crippen molar-refractivity contribution in [3.63, 3.8) is 0 Å². The topological polar surface area (TPSA) is 32.7 Å². The van der Waals surface area contributed by atoms with Crippen LogP contribution < -0.4 is 0 Å². The summed E-state index contributed by atoms with van der Waals surface area (Å²) in [5.41, 5.74) is 5.26. The highest BCUT2D eigenvalue weighted by Gasteiger charge is 2.31. The summed E-state index contributed by atoms with van der Waals surface area (Å²) in [5.74, 6) is 0.106. The van der Waals surface area contributed by atoms with Crippen LogP contribution in [-0.4, -0.2) is 23.1 Å². The third-order valence-corrected chi connectivity index (χ3v) is 5.25. The standard InChI is InChI=1S/C20H19ClN2O/c1-13-18-11-15(4-5-16(18)12-22-13)20(24)23-10-2-3-19(23)14-6-8-17(21)9-7-14/h4-9,11,19H,2-3,10,12H2,1H3/t19-/m1/s1. The van der Waals surface area contributed by atoms with Crippen LogP contribution in [0.3, 0.4) is 0 Å². The van der Waals surface area contributed by atoms with Gasteiger partial charge < -0.3 is 4.90 Å². The Morgan fingerprint density at radius 3 is 2.79 bits per heavy atom. The van der Waals surface area contributed by atoms with Gasteiger partial charge in [-0.1, -0.05) is 29.8 Å². The molecule has 0 spiro atoms. The molecule has 2 heterocycles. The van der Waals surface area contributed by atoms with Crippen molar-refractivity contribution in [1.82, 2.24) is 4.90 Å². The average molecular weight is 339 g/mol. The van der Waals surface area contributed by atoms with Crippen LogP contribution in [0.4, 0.5) is 0 Å². The van der Waals surface area contributed by atoms with Gasteiger partial charge in [0.1, 0.15) is 0 Å². The van der Waals surface area contributed by atoms with E-state index in [0.29, 0.717) is 0 Å². The second-order valence-electron chi connectivity index (χ2n) is 6.48. The number of hydrogen-bond donors (Lipinski definition) is 0. The zero-order valence-electron chi connectivity index (χ0n) is 13.6. The Morgan fingerprint density at radius 1 is 1.21 bits per heavy atom. The van der Waals surface area contributed by atoms with E-state index in [0.717, 1.165) is 53.4 Å². The second-order valence-corrected chi connectivity index (χ2v) is 6.92. The van der Waals surface area contributed by atoms with Crippen LogP contribution in [0.15, 0.2) is 47.5 Å². The molecule has 1 fully saturated rings. The Labute approximate surface area is 147 Å². The van der Waals surface area contributed by atoms with E-state index in [-0.39, 0.29) is 11.9 Å². The van der Waals surface area contributed by atoms with Gasteiger partial charge in [-0.3, -0.25) is 9.79 Å². The minimum absolute atomic E-state index is 0.106. The Bertz CT molecular complexity index is 826. The van der Waals surface area contributed by atoms with E-state index in [2.05, 4.69) is 4.99 Å². The first-order chi connectivity index (χ1) is 11.6. The number of halogens is 1. The molecule has 0 bridgehead atoms. The van der Waals surface area contributed by atoms with Crippen LogP contribution >= 0.6 is 11.6 Å². The van der Waals surface area contributed by atoms with E-state index in [1.54, 1.807) is 0 Å². The van der Waals surface area contributed by atoms with E-state index in [1.807, 2.05) is 54.3 Å². The molecule has 4 rings (SSSR count). The third kappa shape index (κ3) is 2.63. The van der Waals surface area contributed by atoms with E-state index < -0.39 is 0 Å². The predicted molar refractivity (Wildman–Crippen MR) is 96.8 cm³/mol. The zero-order valence-corrected chi connectivity index (χ0v) is 14.4. The normalized spacial score (nSPS) is 19.3. The Kier molecular flexibility index (Phi) is 3.89. The molecule has 1 amide bonds. The van der Waals surface area contributed by atoms with Gasteiger partial charge in [-0.25, -0.2) is 0 Å². The number of amides is 1. The first kappa shape index (κ1) is 15.4. The summed E-state index contributed by atoms with van der Waals surface area (Å²) < 4.78 is 0. The van der Waals surface area contributed by atoms with Gasteiger partial charge in [-0.05, 0) is 55.2 Å². The molecule has 24 heavy (non-hydrogen) atoms. The fraction of sp³-hybridized carbons (Fsp3) is 0.300. The van der Waals surface area contributed by atoms with Crippen molar-refractivity contribution in [3.8, 4) is 0 Å². The van der Waals surface area contributed by atoms with Gasteiger partial charge in [0.05, 0.1) is 12.6 Å². The molecule has 4 heteroatoms. The Hall–Kier alpha value is -2.13. The second kappa shape index (κ2) is 6.06. The lowest BCUT2D eigenvalue weighted by Gasteiger charge is -2.25. The molecule has 2 aromatic rings. The Balaban J connectivity index is 1.63. The lowest BCUT2D eigenvalue weighted by molar-refractivity contribution is 0.0735. The van der Waals surface area contributed by atoms with Crippen molar-refractivity contribution in [1.29, 1.82) is 0 Å². The van der Waals surface area contributed by atoms with Gasteiger partial charge >= 0.3 is 0 Å². The first-order valence-electron chi connectivity index (χ1n) is 8.34. The molecule has 0 aromatic heterocycles. The van der Waals surface area contributed by atoms with Crippen molar-refractivity contribution in [3.05, 3.63) is 69.7 Å². The van der Waals surface area contributed by atoms with Crippen molar-refractivity contribution in [2.24, 2.45) is 4.99 Å². The molecule has 2 aliphatic rings. The maximum Gasteiger partial charge on any atom is 0.254 e. The average Bonchev–Trinajstić information content (AvgIpc) is 3.22. The fourth-order valence-electron chi connectivity index (χ4n) is 3.68. The molecule has 122 valence electrons. The number of nitrogens with zero attached hydrogens (tertiary/aromatic N) is 2. The van der Waals surface area contributed by atoms with Crippen molar-refractivity contribution in [2.75, 3.05) is 6.54 Å². The molecule has 1 saturated heterocycles. The zero-order chi connectivity index (χ0) is 16.7. The summed E-state index contributed by atoms with van der Waals surface area (Å²) in [6, 6.07) is 14.0. The lowest BCUT2D eigenvalue weighted by Crippen LogP contribution is -2.30. The molecule has 0 N–H and O–H groups in total. The van der Waals surface area contributed by atoms with Gasteiger partial charge in [0.25, 0.3) is 5.91 Å². The van der Waals surface area contributed by atoms with Crippen LogP contribution in [0, 0.1) is 0 Å². The van der Waals surface area contributed by atoms with Crippen LogP contribution in [-0.2, 0) is 6.54 Å². The SMILES string of the molecule is CC1=NCc2ccc(C(=O)N3CCC[C@@H]3c3ccc(Cl)cc3)cc21. The number of hydrogen-bond acceptors (Lipinski definition) is 2. The third-order valence-electron chi connectivity index (χ3n) is 5.00. The Morgan fingerprint density at radius 2 is 2.00 bits per heavy atom. The molecule has 0 radical (unpaired) electrons. The summed E-state index contributed by atoms with van der Waals surface area (Å²) in [7, 11) is 0. The summed E-state index contributed by atoms with van der Waals surface area (Å²) in [6.45, 7) is 3.54. The van der Waals surface area contributed by atoms with Gasteiger partial charge in [0.15, 0.2) is 0 Å². The largest absolute Gasteiger partial charge is 0.332 e. The number of aliphatic imine (C=N–C) groups is 1. The monoisotopic (exact) mass is 338 g/mol. The molecule has 0 aliphatic carbocycles. The van der Waals surface area contributed by atoms with Crippen LogP contribution in [0.25, 0.3) is 0 Å². The van der Waals surface area contributed by atoms with E-state index in [1.165, 1.54) is 5.56 Å². The molecule has 2 aromatic carbocycles. The van der Waals surface area contributed by atoms with Gasteiger partial charge in [-0.2, -0.15) is 0 Å². The quantitative estimate of drug-likeness (QED) is 0.785. The summed E-state index contributed by atoms with van der Waals surface area (Å²) in [4.78, 5) is 19.5. The summed E-state index contributed by atoms with van der Waals surface area (Å²) in [5, 5.41) is 0.725. The number of rotatable bonds is 2. The van der Waals surface area contributed by atoms with Crippen molar-refractivity contribution in [2.45, 2.75) is 32.4 Å². The molecular formula is C20H19ClN2O. The number of carbonyl (C=O) groups is 1. The van der Waals surface area contributed by atoms with Gasteiger partial charge in [0.2, 0.25) is 0 Å². The van der Waals surface area contributed by atoms with Crippen LogP contribution in [0.1, 0.15) is 52.9 Å². The molecule has 3 nitrogen and oxygen atoms in total. The smallest absolute Gasteiger partial charge is 0.254 e. The maximum atomic E-state index is 13.1. The fourth-order valence-corrected chi connectivity index (χ4v) is 3.81. The first-order valence-corrected chi connectivity index (χ1v) is 8.72. The highest BCUT2D eigenvalue weighted by Crippen LogP contribution is 2.34. The maximum absolute atomic E-state index is 13.1. The summed E-state index contributed by atoms with van der Waals surface area (Å²) in [6.07, 6.45) is 2.03. The summed E-state index contributed by atoms with van der Waals surface area (Å²) >= 11 is 5.99. The van der Waals surface area contributed by atoms with E-state index in [9.17, 15) is 4.79 Å². The highest BCUT2D eigenvalue weighted by molar-refractivity contribution is 6.30. The molecule has 0 saturated carbocycles. The molecule has 1 atom stereocenters. The number of fused-ring (bicyclic) bond motifs is 1. The molecular weight excluding hydrogens is 320 g/mol. The minimum atomic E-state index is 0.106. The number of likely N-dealkylation sites (tertiary alicyclic amines) is 1. The lowest BCUT2D eigenvalue weighted by atomic mass is 10.0. The van der Waals surface area contributed by atoms with Crippen LogP contribution in [0.2, 0.25) is 5.02 Å². The van der Waals surface area contributed by atoms with E-state index in [4.69, 9.17) is 11.6 Å². The number of benzene rings is 2.